The Kier molecular flexibility index (Phi) is 4.10. The molecule has 0 radical (unpaired) electrons. The maximum absolute atomic E-state index is 5.47. The molecule has 4 nitrogen and oxygen atoms in total. The lowest BCUT2D eigenvalue weighted by molar-refractivity contribution is 0.390. The third-order valence-electron chi connectivity index (χ3n) is 1.44. The van der Waals surface area contributed by atoms with Gasteiger partial charge in [0.05, 0.1) is 5.75 Å². The smallest absolute Gasteiger partial charge is 0.236 e. The van der Waals surface area contributed by atoms with Crippen molar-refractivity contribution in [3.05, 3.63) is 12.2 Å². The number of rotatable bonds is 5. The van der Waals surface area contributed by atoms with E-state index in [1.165, 1.54) is 6.33 Å². The Hall–Kier alpha value is -0.550. The number of nitrogens with two attached hydrogens (primary N) is 1. The SMILES string of the molecule is CC(CN)CSCc1ncno1. The lowest BCUT2D eigenvalue weighted by atomic mass is 10.2. The lowest BCUT2D eigenvalue weighted by Gasteiger charge is -2.04. The predicted molar refractivity (Wildman–Crippen MR) is 48.7 cm³/mol. The summed E-state index contributed by atoms with van der Waals surface area (Å²) in [7, 11) is 0. The van der Waals surface area contributed by atoms with E-state index < -0.39 is 0 Å². The fourth-order valence-corrected chi connectivity index (χ4v) is 1.63. The molecule has 1 rings (SSSR count). The summed E-state index contributed by atoms with van der Waals surface area (Å²) < 4.78 is 4.84. The highest BCUT2D eigenvalue weighted by molar-refractivity contribution is 7.98. The van der Waals surface area contributed by atoms with Gasteiger partial charge in [0.15, 0.2) is 6.33 Å². The van der Waals surface area contributed by atoms with Crippen molar-refractivity contribution < 1.29 is 4.52 Å². The lowest BCUT2D eigenvalue weighted by Crippen LogP contribution is -2.12. The van der Waals surface area contributed by atoms with Crippen molar-refractivity contribution in [2.24, 2.45) is 11.7 Å². The van der Waals surface area contributed by atoms with Crippen LogP contribution in [0.15, 0.2) is 10.9 Å². The highest BCUT2D eigenvalue weighted by atomic mass is 32.2. The maximum atomic E-state index is 5.47. The highest BCUT2D eigenvalue weighted by Gasteiger charge is 2.02. The van der Waals surface area contributed by atoms with Gasteiger partial charge >= 0.3 is 0 Å². The second kappa shape index (κ2) is 5.16. The Labute approximate surface area is 75.9 Å². The standard InChI is InChI=1S/C7H13N3OS/c1-6(2-8)3-12-4-7-9-5-10-11-7/h5-6H,2-4,8H2,1H3. The third-order valence-corrected chi connectivity index (χ3v) is 2.69. The molecule has 0 aromatic carbocycles. The van der Waals surface area contributed by atoms with Crippen LogP contribution in [0.25, 0.3) is 0 Å². The minimum Gasteiger partial charge on any atom is -0.339 e. The molecule has 0 aliphatic rings. The molecule has 1 unspecified atom stereocenters. The summed E-state index contributed by atoms with van der Waals surface area (Å²) in [6, 6.07) is 0. The molecule has 12 heavy (non-hydrogen) atoms. The van der Waals surface area contributed by atoms with E-state index in [0.717, 1.165) is 18.1 Å². The van der Waals surface area contributed by atoms with Crippen molar-refractivity contribution >= 4 is 11.8 Å². The van der Waals surface area contributed by atoms with Crippen LogP contribution in [0.3, 0.4) is 0 Å². The summed E-state index contributed by atoms with van der Waals surface area (Å²) in [5.74, 6) is 3.06. The van der Waals surface area contributed by atoms with Crippen molar-refractivity contribution in [1.29, 1.82) is 0 Å². The summed E-state index contributed by atoms with van der Waals surface area (Å²) >= 11 is 1.77. The average molecular weight is 187 g/mol. The molecule has 68 valence electrons. The molecule has 0 bridgehead atoms. The van der Waals surface area contributed by atoms with E-state index >= 15 is 0 Å². The van der Waals surface area contributed by atoms with E-state index in [1.54, 1.807) is 11.8 Å². The van der Waals surface area contributed by atoms with Gasteiger partial charge in [0.2, 0.25) is 5.89 Å². The van der Waals surface area contributed by atoms with Gasteiger partial charge in [0, 0.05) is 0 Å². The van der Waals surface area contributed by atoms with Gasteiger partial charge in [0.25, 0.3) is 0 Å². The fourth-order valence-electron chi connectivity index (χ4n) is 0.675. The molecule has 1 aromatic heterocycles. The van der Waals surface area contributed by atoms with Crippen LogP contribution in [0, 0.1) is 5.92 Å². The Morgan fingerprint density at radius 1 is 1.75 bits per heavy atom. The van der Waals surface area contributed by atoms with E-state index in [1.807, 2.05) is 0 Å². The zero-order chi connectivity index (χ0) is 8.81. The molecule has 5 heteroatoms. The summed E-state index contributed by atoms with van der Waals surface area (Å²) in [6.07, 6.45) is 1.42. The molecule has 1 heterocycles. The monoisotopic (exact) mass is 187 g/mol. The normalized spacial score (nSPS) is 13.2. The number of nitrogens with zero attached hydrogens (tertiary/aromatic N) is 2. The molecule has 2 N–H and O–H groups in total. The van der Waals surface area contributed by atoms with Crippen molar-refractivity contribution in [3.8, 4) is 0 Å². The summed E-state index contributed by atoms with van der Waals surface area (Å²) in [5.41, 5.74) is 5.47. The first-order valence-electron chi connectivity index (χ1n) is 3.86. The van der Waals surface area contributed by atoms with E-state index in [9.17, 15) is 0 Å². The Bertz CT molecular complexity index is 202. The van der Waals surface area contributed by atoms with Gasteiger partial charge < -0.3 is 10.3 Å². The van der Waals surface area contributed by atoms with E-state index in [-0.39, 0.29) is 0 Å². The van der Waals surface area contributed by atoms with Crippen molar-refractivity contribution in [2.75, 3.05) is 12.3 Å². The van der Waals surface area contributed by atoms with Gasteiger partial charge in [-0.3, -0.25) is 0 Å². The van der Waals surface area contributed by atoms with Crippen LogP contribution in [-0.2, 0) is 5.75 Å². The van der Waals surface area contributed by atoms with Gasteiger partial charge in [-0.2, -0.15) is 16.7 Å². The molecule has 1 aromatic rings. The molecule has 0 saturated heterocycles. The molecule has 0 fully saturated rings. The molecular weight excluding hydrogens is 174 g/mol. The first kappa shape index (κ1) is 9.54. The van der Waals surface area contributed by atoms with Crippen LogP contribution in [0.1, 0.15) is 12.8 Å². The summed E-state index contributed by atoms with van der Waals surface area (Å²) in [4.78, 5) is 3.91. The van der Waals surface area contributed by atoms with E-state index in [0.29, 0.717) is 11.8 Å². The van der Waals surface area contributed by atoms with Gasteiger partial charge in [-0.15, -0.1) is 0 Å². The molecule has 0 spiro atoms. The predicted octanol–water partition coefficient (Wildman–Crippen LogP) is 0.898. The summed E-state index contributed by atoms with van der Waals surface area (Å²) in [6.45, 7) is 2.86. The topological polar surface area (TPSA) is 64.9 Å². The summed E-state index contributed by atoms with van der Waals surface area (Å²) in [5, 5.41) is 3.52. The minimum absolute atomic E-state index is 0.554. The zero-order valence-corrected chi connectivity index (χ0v) is 7.88. The van der Waals surface area contributed by atoms with Crippen LogP contribution in [0.2, 0.25) is 0 Å². The molecular formula is C7H13N3OS. The molecule has 0 saturated carbocycles. The molecule has 1 atom stereocenters. The number of hydrogen-bond donors (Lipinski definition) is 1. The number of aromatic nitrogens is 2. The molecule has 0 aliphatic carbocycles. The van der Waals surface area contributed by atoms with Crippen molar-refractivity contribution in [3.63, 3.8) is 0 Å². The van der Waals surface area contributed by atoms with Gasteiger partial charge in [-0.25, -0.2) is 0 Å². The zero-order valence-electron chi connectivity index (χ0n) is 7.06. The molecule has 0 amide bonds. The van der Waals surface area contributed by atoms with Crippen LogP contribution >= 0.6 is 11.8 Å². The first-order chi connectivity index (χ1) is 5.83. The quantitative estimate of drug-likeness (QED) is 0.741. The minimum atomic E-state index is 0.554. The largest absolute Gasteiger partial charge is 0.339 e. The Balaban J connectivity index is 2.11. The van der Waals surface area contributed by atoms with Crippen LogP contribution < -0.4 is 5.73 Å². The van der Waals surface area contributed by atoms with Crippen LogP contribution in [0.4, 0.5) is 0 Å². The molecule has 0 aliphatic heterocycles. The van der Waals surface area contributed by atoms with Crippen LogP contribution in [-0.4, -0.2) is 22.4 Å². The van der Waals surface area contributed by atoms with Crippen molar-refractivity contribution in [2.45, 2.75) is 12.7 Å². The average Bonchev–Trinajstić information content (AvgIpc) is 2.57. The van der Waals surface area contributed by atoms with Gasteiger partial charge in [-0.1, -0.05) is 12.1 Å². The van der Waals surface area contributed by atoms with E-state index in [4.69, 9.17) is 10.3 Å². The Morgan fingerprint density at radius 3 is 3.17 bits per heavy atom. The second-order valence-electron chi connectivity index (χ2n) is 2.69. The van der Waals surface area contributed by atoms with Gasteiger partial charge in [-0.05, 0) is 18.2 Å². The Morgan fingerprint density at radius 2 is 2.58 bits per heavy atom. The highest BCUT2D eigenvalue weighted by Crippen LogP contribution is 2.12. The number of thioether (sulfide) groups is 1. The van der Waals surface area contributed by atoms with Gasteiger partial charge in [0.1, 0.15) is 0 Å². The second-order valence-corrected chi connectivity index (χ2v) is 3.72. The van der Waals surface area contributed by atoms with Crippen molar-refractivity contribution in [1.82, 2.24) is 10.1 Å². The van der Waals surface area contributed by atoms with E-state index in [2.05, 4.69) is 17.1 Å². The van der Waals surface area contributed by atoms with Crippen LogP contribution in [0.5, 0.6) is 0 Å². The fraction of sp³-hybridized carbons (Fsp3) is 0.714. The number of hydrogen-bond acceptors (Lipinski definition) is 5. The first-order valence-corrected chi connectivity index (χ1v) is 5.01. The maximum Gasteiger partial charge on any atom is 0.236 e. The third kappa shape index (κ3) is 3.23.